The van der Waals surface area contributed by atoms with Gasteiger partial charge in [-0.1, -0.05) is 11.3 Å². The number of aryl methyl sites for hydroxylation is 1. The highest BCUT2D eigenvalue weighted by Crippen LogP contribution is 2.27. The first-order valence-corrected chi connectivity index (χ1v) is 9.75. The zero-order valence-electron chi connectivity index (χ0n) is 16.8. The number of hydrogen-bond donors (Lipinski definition) is 2. The summed E-state index contributed by atoms with van der Waals surface area (Å²) in [5, 5.41) is 6.13. The van der Waals surface area contributed by atoms with E-state index in [0.29, 0.717) is 21.4 Å². The monoisotopic (exact) mass is 443 g/mol. The van der Waals surface area contributed by atoms with Gasteiger partial charge in [-0.05, 0) is 49.4 Å². The van der Waals surface area contributed by atoms with E-state index in [2.05, 4.69) is 15.6 Å². The second-order valence-electron chi connectivity index (χ2n) is 6.30. The number of esters is 2. The lowest BCUT2D eigenvalue weighted by atomic mass is 10.1. The van der Waals surface area contributed by atoms with Gasteiger partial charge in [-0.25, -0.2) is 19.0 Å². The molecule has 0 unspecified atom stereocenters. The molecule has 0 atom stereocenters. The largest absolute Gasteiger partial charge is 0.465 e. The van der Waals surface area contributed by atoms with E-state index in [1.807, 2.05) is 0 Å². The van der Waals surface area contributed by atoms with Crippen molar-refractivity contribution in [3.8, 4) is 0 Å². The van der Waals surface area contributed by atoms with Crippen molar-refractivity contribution >= 4 is 45.7 Å². The van der Waals surface area contributed by atoms with Gasteiger partial charge in [-0.3, -0.25) is 4.79 Å². The molecular formula is C21H18FN3O5S. The van der Waals surface area contributed by atoms with Crippen molar-refractivity contribution in [3.63, 3.8) is 0 Å². The zero-order valence-corrected chi connectivity index (χ0v) is 17.6. The van der Waals surface area contributed by atoms with Crippen LogP contribution < -0.4 is 10.6 Å². The van der Waals surface area contributed by atoms with Crippen LogP contribution in [-0.2, 0) is 9.47 Å². The Hall–Kier alpha value is -3.79. The third-order valence-corrected chi connectivity index (χ3v) is 5.20. The summed E-state index contributed by atoms with van der Waals surface area (Å²) in [5.41, 5.74) is 1.48. The Morgan fingerprint density at radius 3 is 2.06 bits per heavy atom. The molecule has 0 radical (unpaired) electrons. The molecule has 1 heterocycles. The van der Waals surface area contributed by atoms with Crippen molar-refractivity contribution < 1.29 is 28.2 Å². The van der Waals surface area contributed by atoms with Gasteiger partial charge >= 0.3 is 11.9 Å². The van der Waals surface area contributed by atoms with E-state index in [9.17, 15) is 18.8 Å². The molecule has 1 amide bonds. The molecule has 0 spiro atoms. The molecule has 1 aromatic heterocycles. The fraction of sp³-hybridized carbons (Fsp3) is 0.143. The van der Waals surface area contributed by atoms with E-state index in [0.717, 1.165) is 11.3 Å². The summed E-state index contributed by atoms with van der Waals surface area (Å²) in [4.78, 5) is 41.3. The van der Waals surface area contributed by atoms with Gasteiger partial charge in [0, 0.05) is 11.4 Å². The molecule has 31 heavy (non-hydrogen) atoms. The van der Waals surface area contributed by atoms with E-state index >= 15 is 0 Å². The predicted octanol–water partition coefficient (Wildman–Crippen LogP) is 4.16. The summed E-state index contributed by atoms with van der Waals surface area (Å²) < 4.78 is 22.4. The Kier molecular flexibility index (Phi) is 6.61. The number of aromatic nitrogens is 1. The van der Waals surface area contributed by atoms with E-state index in [1.165, 1.54) is 44.6 Å². The van der Waals surface area contributed by atoms with Crippen LogP contribution in [0.1, 0.15) is 36.1 Å². The van der Waals surface area contributed by atoms with Gasteiger partial charge < -0.3 is 20.1 Å². The maximum atomic E-state index is 13.1. The van der Waals surface area contributed by atoms with Crippen molar-refractivity contribution in [2.75, 3.05) is 24.9 Å². The van der Waals surface area contributed by atoms with Crippen LogP contribution in [0.4, 0.5) is 20.9 Å². The number of methoxy groups -OCH3 is 2. The maximum absolute atomic E-state index is 13.1. The fourth-order valence-electron chi connectivity index (χ4n) is 2.68. The van der Waals surface area contributed by atoms with Gasteiger partial charge in [-0.2, -0.15) is 0 Å². The van der Waals surface area contributed by atoms with Crippen LogP contribution in [0.15, 0.2) is 42.5 Å². The summed E-state index contributed by atoms with van der Waals surface area (Å²) in [5.74, 6) is -2.16. The minimum atomic E-state index is -0.666. The number of carbonyl (C=O) groups excluding carboxylic acids is 3. The number of ether oxygens (including phenoxy) is 2. The van der Waals surface area contributed by atoms with Crippen LogP contribution in [0, 0.1) is 12.7 Å². The fourth-order valence-corrected chi connectivity index (χ4v) is 3.56. The van der Waals surface area contributed by atoms with Crippen molar-refractivity contribution in [1.29, 1.82) is 0 Å². The van der Waals surface area contributed by atoms with Crippen molar-refractivity contribution in [2.24, 2.45) is 0 Å². The predicted molar refractivity (Wildman–Crippen MR) is 114 cm³/mol. The molecule has 2 aromatic carbocycles. The number of thiazole rings is 1. The van der Waals surface area contributed by atoms with Crippen molar-refractivity contribution in [3.05, 3.63) is 70.0 Å². The second-order valence-corrected chi connectivity index (χ2v) is 7.30. The first-order valence-electron chi connectivity index (χ1n) is 8.93. The van der Waals surface area contributed by atoms with Crippen molar-refractivity contribution in [1.82, 2.24) is 4.98 Å². The molecule has 2 N–H and O–H groups in total. The highest BCUT2D eigenvalue weighted by molar-refractivity contribution is 7.17. The molecular weight excluding hydrogens is 425 g/mol. The average Bonchev–Trinajstić information content (AvgIpc) is 3.13. The first-order chi connectivity index (χ1) is 14.8. The zero-order chi connectivity index (χ0) is 22.5. The number of nitrogens with zero attached hydrogens (tertiary/aromatic N) is 1. The lowest BCUT2D eigenvalue weighted by Gasteiger charge is -2.09. The van der Waals surface area contributed by atoms with E-state index < -0.39 is 17.8 Å². The summed E-state index contributed by atoms with van der Waals surface area (Å²) in [6.45, 7) is 1.67. The van der Waals surface area contributed by atoms with Gasteiger partial charge in [0.1, 0.15) is 10.7 Å². The van der Waals surface area contributed by atoms with Crippen LogP contribution in [-0.4, -0.2) is 37.0 Å². The summed E-state index contributed by atoms with van der Waals surface area (Å²) in [6, 6.07) is 9.83. The van der Waals surface area contributed by atoms with Crippen LogP contribution in [0.2, 0.25) is 0 Å². The number of hydrogen-bond acceptors (Lipinski definition) is 8. The highest BCUT2D eigenvalue weighted by atomic mass is 32.1. The van der Waals surface area contributed by atoms with E-state index in [4.69, 9.17) is 9.47 Å². The van der Waals surface area contributed by atoms with Gasteiger partial charge in [0.25, 0.3) is 5.91 Å². The smallest absolute Gasteiger partial charge is 0.337 e. The average molecular weight is 443 g/mol. The Labute approximate surface area is 181 Å². The van der Waals surface area contributed by atoms with Gasteiger partial charge in [-0.15, -0.1) is 0 Å². The van der Waals surface area contributed by atoms with E-state index in [-0.39, 0.29) is 22.6 Å². The topological polar surface area (TPSA) is 107 Å². The van der Waals surface area contributed by atoms with Crippen LogP contribution in [0.3, 0.4) is 0 Å². The first kappa shape index (κ1) is 21.9. The molecule has 160 valence electrons. The molecule has 10 heteroatoms. The molecule has 0 saturated heterocycles. The number of carbonyl (C=O) groups is 3. The minimum Gasteiger partial charge on any atom is -0.465 e. The third kappa shape index (κ3) is 5.23. The Morgan fingerprint density at radius 1 is 0.935 bits per heavy atom. The summed E-state index contributed by atoms with van der Waals surface area (Å²) in [7, 11) is 2.42. The SMILES string of the molecule is COC(=O)c1cc(NC(=O)c2sc(Nc3ccc(F)cc3)nc2C)cc(C(=O)OC)c1. The molecule has 0 saturated carbocycles. The molecule has 3 rings (SSSR count). The molecule has 0 aliphatic rings. The normalized spacial score (nSPS) is 10.3. The molecule has 0 aliphatic heterocycles. The number of nitrogens with one attached hydrogen (secondary N) is 2. The molecule has 3 aromatic rings. The molecule has 0 bridgehead atoms. The minimum absolute atomic E-state index is 0.0837. The van der Waals surface area contributed by atoms with Gasteiger partial charge in [0.15, 0.2) is 5.13 Å². The van der Waals surface area contributed by atoms with Crippen LogP contribution >= 0.6 is 11.3 Å². The van der Waals surface area contributed by atoms with Crippen LogP contribution in [0.5, 0.6) is 0 Å². The lowest BCUT2D eigenvalue weighted by molar-refractivity contribution is 0.0599. The Bertz CT molecular complexity index is 1110. The van der Waals surface area contributed by atoms with Gasteiger partial charge in [0.2, 0.25) is 0 Å². The Morgan fingerprint density at radius 2 is 1.52 bits per heavy atom. The number of benzene rings is 2. The molecule has 0 aliphatic carbocycles. The second kappa shape index (κ2) is 9.35. The molecule has 0 fully saturated rings. The maximum Gasteiger partial charge on any atom is 0.337 e. The van der Waals surface area contributed by atoms with Crippen molar-refractivity contribution in [2.45, 2.75) is 6.92 Å². The van der Waals surface area contributed by atoms with Crippen LogP contribution in [0.25, 0.3) is 0 Å². The quantitative estimate of drug-likeness (QED) is 0.551. The summed E-state index contributed by atoms with van der Waals surface area (Å²) in [6.07, 6.45) is 0. The third-order valence-electron chi connectivity index (χ3n) is 4.13. The van der Waals surface area contributed by atoms with E-state index in [1.54, 1.807) is 19.1 Å². The number of halogens is 1. The number of anilines is 3. The number of amides is 1. The molecule has 8 nitrogen and oxygen atoms in total. The standard InChI is InChI=1S/C21H18FN3O5S/c1-11-17(31-21(23-11)25-15-6-4-14(22)5-7-15)18(26)24-16-9-12(19(27)29-2)8-13(10-16)20(28)30-3/h4-10H,1-3H3,(H,23,25)(H,24,26). The highest BCUT2D eigenvalue weighted by Gasteiger charge is 2.19. The van der Waals surface area contributed by atoms with Gasteiger partial charge in [0.05, 0.1) is 31.0 Å². The number of rotatable bonds is 6. The summed E-state index contributed by atoms with van der Waals surface area (Å²) >= 11 is 1.10. The Balaban J connectivity index is 1.84. The lowest BCUT2D eigenvalue weighted by Crippen LogP contribution is -2.14.